The fourth-order valence-electron chi connectivity index (χ4n) is 5.00. The van der Waals surface area contributed by atoms with E-state index in [1.165, 1.54) is 5.56 Å². The van der Waals surface area contributed by atoms with Crippen LogP contribution in [0.2, 0.25) is 0 Å². The van der Waals surface area contributed by atoms with Crippen LogP contribution in [0.4, 0.5) is 0 Å². The number of piperidine rings is 2. The summed E-state index contributed by atoms with van der Waals surface area (Å²) < 4.78 is 0. The number of likely N-dealkylation sites (tertiary alicyclic amines) is 1. The highest BCUT2D eigenvalue weighted by Crippen LogP contribution is 2.37. The molecule has 1 aliphatic carbocycles. The Hall–Kier alpha value is -1.43. The molecule has 28 heavy (non-hydrogen) atoms. The molecule has 1 aromatic carbocycles. The van der Waals surface area contributed by atoms with Gasteiger partial charge >= 0.3 is 0 Å². The number of amides is 1. The van der Waals surface area contributed by atoms with Crippen LogP contribution in [-0.2, 0) is 16.1 Å². The van der Waals surface area contributed by atoms with Crippen molar-refractivity contribution in [2.75, 3.05) is 19.6 Å². The molecule has 3 aliphatic rings. The Balaban J connectivity index is 1.29. The first-order valence-corrected chi connectivity index (χ1v) is 10.9. The lowest BCUT2D eigenvalue weighted by Gasteiger charge is -2.48. The molecule has 5 atom stereocenters. The van der Waals surface area contributed by atoms with Gasteiger partial charge < -0.3 is 10.6 Å². The first-order chi connectivity index (χ1) is 13.5. The molecule has 0 aromatic heterocycles. The number of carbonyl (C=O) groups is 2. The van der Waals surface area contributed by atoms with Crippen molar-refractivity contribution in [3.63, 3.8) is 0 Å². The monoisotopic (exact) mass is 403 g/mol. The number of nitrogens with zero attached hydrogens (tertiary/aromatic N) is 1. The van der Waals surface area contributed by atoms with Gasteiger partial charge in [-0.25, -0.2) is 0 Å². The molecule has 2 aliphatic heterocycles. The maximum atomic E-state index is 13.1. The normalized spacial score (nSPS) is 33.1. The van der Waals surface area contributed by atoms with Gasteiger partial charge in [0.1, 0.15) is 5.78 Å². The van der Waals surface area contributed by atoms with Gasteiger partial charge in [-0.1, -0.05) is 29.8 Å². The number of carbonyl (C=O) groups excluding carboxylic acids is 2. The minimum atomic E-state index is -0.0122. The van der Waals surface area contributed by atoms with E-state index in [1.807, 2.05) is 12.1 Å². The van der Waals surface area contributed by atoms with Crippen LogP contribution in [0.1, 0.15) is 36.8 Å². The summed E-state index contributed by atoms with van der Waals surface area (Å²) in [5.41, 5.74) is 2.31. The SMILES string of the molecule is Cc1ccc(CNC(=O)CN2CCC3NC4CCC(Cl)CC4C(=O)C3C2)cc1. The van der Waals surface area contributed by atoms with E-state index < -0.39 is 0 Å². The van der Waals surface area contributed by atoms with E-state index in [9.17, 15) is 9.59 Å². The number of nitrogens with one attached hydrogen (secondary N) is 2. The lowest BCUT2D eigenvalue weighted by atomic mass is 9.70. The van der Waals surface area contributed by atoms with E-state index in [1.54, 1.807) is 0 Å². The predicted molar refractivity (Wildman–Crippen MR) is 110 cm³/mol. The third-order valence-electron chi connectivity index (χ3n) is 6.62. The maximum absolute atomic E-state index is 13.1. The average molecular weight is 404 g/mol. The van der Waals surface area contributed by atoms with E-state index in [0.29, 0.717) is 31.5 Å². The standard InChI is InChI=1S/C22H30ClN3O2/c1-14-2-4-15(5-3-14)11-24-21(27)13-26-9-8-20-18(12-26)22(28)17-10-16(23)6-7-19(17)25-20/h2-5,16-20,25H,6-13H2,1H3,(H,24,27). The van der Waals surface area contributed by atoms with Crippen LogP contribution >= 0.6 is 11.6 Å². The number of benzene rings is 1. The molecule has 1 saturated carbocycles. The van der Waals surface area contributed by atoms with Gasteiger partial charge in [0.05, 0.1) is 6.54 Å². The summed E-state index contributed by atoms with van der Waals surface area (Å²) in [5, 5.41) is 6.85. The topological polar surface area (TPSA) is 61.4 Å². The second-order valence-electron chi connectivity index (χ2n) is 8.69. The zero-order valence-corrected chi connectivity index (χ0v) is 17.3. The molecule has 2 saturated heterocycles. The Morgan fingerprint density at radius 3 is 2.71 bits per heavy atom. The molecule has 1 aromatic rings. The highest BCUT2D eigenvalue weighted by Gasteiger charge is 2.47. The lowest BCUT2D eigenvalue weighted by molar-refractivity contribution is -0.136. The van der Waals surface area contributed by atoms with Gasteiger partial charge in [0, 0.05) is 48.9 Å². The van der Waals surface area contributed by atoms with Crippen molar-refractivity contribution >= 4 is 23.3 Å². The first-order valence-electron chi connectivity index (χ1n) is 10.5. The molecule has 3 fully saturated rings. The van der Waals surface area contributed by atoms with Gasteiger partial charge in [-0.3, -0.25) is 14.5 Å². The summed E-state index contributed by atoms with van der Waals surface area (Å²) in [7, 11) is 0. The van der Waals surface area contributed by atoms with E-state index in [-0.39, 0.29) is 29.2 Å². The first kappa shape index (κ1) is 19.9. The summed E-state index contributed by atoms with van der Waals surface area (Å²) in [6, 6.07) is 8.74. The summed E-state index contributed by atoms with van der Waals surface area (Å²) in [5.74, 6) is 0.421. The van der Waals surface area contributed by atoms with Gasteiger partial charge in [0.15, 0.2) is 0 Å². The second-order valence-corrected chi connectivity index (χ2v) is 9.31. The number of alkyl halides is 1. The molecule has 0 bridgehead atoms. The van der Waals surface area contributed by atoms with Crippen molar-refractivity contribution < 1.29 is 9.59 Å². The van der Waals surface area contributed by atoms with Gasteiger partial charge in [-0.2, -0.15) is 0 Å². The number of hydrogen-bond donors (Lipinski definition) is 2. The molecular weight excluding hydrogens is 374 g/mol. The molecule has 0 spiro atoms. The van der Waals surface area contributed by atoms with E-state index in [4.69, 9.17) is 11.6 Å². The number of Topliss-reactive ketones (excluding diaryl/α,β-unsaturated/α-hetero) is 1. The minimum Gasteiger partial charge on any atom is -0.351 e. The minimum absolute atomic E-state index is 0.0122. The Bertz CT molecular complexity index is 723. The maximum Gasteiger partial charge on any atom is 0.234 e. The summed E-state index contributed by atoms with van der Waals surface area (Å²) in [4.78, 5) is 27.6. The number of halogens is 1. The van der Waals surface area contributed by atoms with E-state index >= 15 is 0 Å². The molecule has 1 amide bonds. The van der Waals surface area contributed by atoms with Crippen LogP contribution < -0.4 is 10.6 Å². The number of rotatable bonds is 4. The number of aryl methyl sites for hydroxylation is 1. The van der Waals surface area contributed by atoms with Gasteiger partial charge in [0.25, 0.3) is 0 Å². The third kappa shape index (κ3) is 4.42. The highest BCUT2D eigenvalue weighted by atomic mass is 35.5. The van der Waals surface area contributed by atoms with Gasteiger partial charge in [0.2, 0.25) is 5.91 Å². The highest BCUT2D eigenvalue weighted by molar-refractivity contribution is 6.20. The molecule has 6 heteroatoms. The molecule has 5 unspecified atom stereocenters. The Kier molecular flexibility index (Phi) is 6.04. The lowest BCUT2D eigenvalue weighted by Crippen LogP contribution is -2.64. The molecule has 2 heterocycles. The van der Waals surface area contributed by atoms with Gasteiger partial charge in [-0.05, 0) is 38.2 Å². The number of fused-ring (bicyclic) bond motifs is 2. The van der Waals surface area contributed by atoms with Crippen LogP contribution in [0.5, 0.6) is 0 Å². The fraction of sp³-hybridized carbons (Fsp3) is 0.636. The van der Waals surface area contributed by atoms with Gasteiger partial charge in [-0.15, -0.1) is 11.6 Å². The van der Waals surface area contributed by atoms with Crippen molar-refractivity contribution in [3.05, 3.63) is 35.4 Å². The number of ketones is 1. The third-order valence-corrected chi connectivity index (χ3v) is 7.02. The largest absolute Gasteiger partial charge is 0.351 e. The van der Waals surface area contributed by atoms with Crippen LogP contribution in [0.15, 0.2) is 24.3 Å². The predicted octanol–water partition coefficient (Wildman–Crippen LogP) is 2.25. The number of hydrogen-bond acceptors (Lipinski definition) is 4. The molecule has 4 rings (SSSR count). The molecule has 0 radical (unpaired) electrons. The van der Waals surface area contributed by atoms with Crippen LogP contribution in [0.3, 0.4) is 0 Å². The molecule has 5 nitrogen and oxygen atoms in total. The Labute approximate surface area is 172 Å². The average Bonchev–Trinajstić information content (AvgIpc) is 2.69. The fourth-order valence-corrected chi connectivity index (χ4v) is 5.32. The molecule has 152 valence electrons. The zero-order valence-electron chi connectivity index (χ0n) is 16.5. The van der Waals surface area contributed by atoms with Crippen LogP contribution in [0, 0.1) is 18.8 Å². The van der Waals surface area contributed by atoms with E-state index in [2.05, 4.69) is 34.6 Å². The summed E-state index contributed by atoms with van der Waals surface area (Å²) >= 11 is 6.33. The van der Waals surface area contributed by atoms with Crippen molar-refractivity contribution in [3.8, 4) is 0 Å². The Morgan fingerprint density at radius 1 is 1.18 bits per heavy atom. The van der Waals surface area contributed by atoms with Crippen molar-refractivity contribution in [1.29, 1.82) is 0 Å². The van der Waals surface area contributed by atoms with Crippen molar-refractivity contribution in [2.45, 2.75) is 56.6 Å². The smallest absolute Gasteiger partial charge is 0.234 e. The summed E-state index contributed by atoms with van der Waals surface area (Å²) in [6.45, 7) is 4.48. The zero-order chi connectivity index (χ0) is 19.7. The Morgan fingerprint density at radius 2 is 1.93 bits per heavy atom. The summed E-state index contributed by atoms with van der Waals surface area (Å²) in [6.07, 6.45) is 3.71. The van der Waals surface area contributed by atoms with Crippen LogP contribution in [0.25, 0.3) is 0 Å². The van der Waals surface area contributed by atoms with E-state index in [0.717, 1.165) is 37.8 Å². The van der Waals surface area contributed by atoms with Crippen molar-refractivity contribution in [2.24, 2.45) is 11.8 Å². The molecule has 2 N–H and O–H groups in total. The second kappa shape index (κ2) is 8.52. The van der Waals surface area contributed by atoms with Crippen molar-refractivity contribution in [1.82, 2.24) is 15.5 Å². The van der Waals surface area contributed by atoms with Crippen LogP contribution in [-0.4, -0.2) is 53.7 Å². The quantitative estimate of drug-likeness (QED) is 0.757. The molecular formula is C22H30ClN3O2.